The van der Waals surface area contributed by atoms with Gasteiger partial charge in [-0.15, -0.1) is 0 Å². The van der Waals surface area contributed by atoms with Crippen LogP contribution in [0.4, 0.5) is 21.0 Å². The molecule has 10 heteroatoms. The van der Waals surface area contributed by atoms with E-state index in [1.54, 1.807) is 50.1 Å². The Balaban J connectivity index is 2.81. The van der Waals surface area contributed by atoms with E-state index in [9.17, 15) is 9.59 Å². The molecule has 0 aliphatic carbocycles. The first-order chi connectivity index (χ1) is 11.9. The number of amides is 2. The minimum absolute atomic E-state index is 0.0728. The molecule has 0 aliphatic heterocycles. The molecule has 2 amide bonds. The van der Waals surface area contributed by atoms with Gasteiger partial charge in [0, 0.05) is 7.05 Å². The number of ether oxygens (including phenoxy) is 2. The van der Waals surface area contributed by atoms with Crippen molar-refractivity contribution in [1.29, 1.82) is 0 Å². The summed E-state index contributed by atoms with van der Waals surface area (Å²) in [5.74, 6) is 0. The number of nitrogens with one attached hydrogen (secondary N) is 3. The standard InChI is InChI=1S/C15H20N4O4S2/c1-4-22-14(20)17-12(24)16-10-8-6-7-9-11(10)19(3)13(25)18-15(21)23-5-2/h6-9H,4-5H2,1-3H3,(H,18,21,25)(H2,16,17,20,24). The highest BCUT2D eigenvalue weighted by molar-refractivity contribution is 7.80. The molecule has 1 rings (SSSR count). The second-order valence-corrected chi connectivity index (χ2v) is 5.32. The van der Waals surface area contributed by atoms with E-state index in [2.05, 4.69) is 16.0 Å². The minimum atomic E-state index is -0.648. The number of thiocarbonyl (C=S) groups is 2. The second-order valence-electron chi connectivity index (χ2n) is 4.53. The fourth-order valence-corrected chi connectivity index (χ4v) is 2.11. The minimum Gasteiger partial charge on any atom is -0.450 e. The predicted molar refractivity (Wildman–Crippen MR) is 104 cm³/mol. The molecule has 0 fully saturated rings. The Morgan fingerprint density at radius 1 is 1.04 bits per heavy atom. The van der Waals surface area contributed by atoms with E-state index < -0.39 is 12.2 Å². The number of benzene rings is 1. The van der Waals surface area contributed by atoms with Crippen molar-refractivity contribution in [3.8, 4) is 0 Å². The lowest BCUT2D eigenvalue weighted by atomic mass is 10.2. The summed E-state index contributed by atoms with van der Waals surface area (Å²) in [6, 6.07) is 7.10. The lowest BCUT2D eigenvalue weighted by molar-refractivity contribution is 0.157. The van der Waals surface area contributed by atoms with E-state index in [-0.39, 0.29) is 23.4 Å². The van der Waals surface area contributed by atoms with Gasteiger partial charge in [0.25, 0.3) is 0 Å². The lowest BCUT2D eigenvalue weighted by Gasteiger charge is -2.23. The zero-order chi connectivity index (χ0) is 18.8. The summed E-state index contributed by atoms with van der Waals surface area (Å²) in [7, 11) is 1.68. The monoisotopic (exact) mass is 384 g/mol. The molecule has 0 saturated carbocycles. The highest BCUT2D eigenvalue weighted by Crippen LogP contribution is 2.24. The maximum atomic E-state index is 11.5. The Morgan fingerprint density at radius 3 is 2.20 bits per heavy atom. The fourth-order valence-electron chi connectivity index (χ4n) is 1.73. The Kier molecular flexibility index (Phi) is 8.57. The number of alkyl carbamates (subject to hydrolysis) is 2. The Hall–Kier alpha value is -2.46. The molecule has 25 heavy (non-hydrogen) atoms. The normalized spacial score (nSPS) is 9.56. The van der Waals surface area contributed by atoms with Crippen molar-refractivity contribution >= 4 is 58.2 Å². The number of hydrogen-bond acceptors (Lipinski definition) is 6. The van der Waals surface area contributed by atoms with Crippen molar-refractivity contribution in [2.75, 3.05) is 30.5 Å². The van der Waals surface area contributed by atoms with E-state index in [0.29, 0.717) is 11.4 Å². The van der Waals surface area contributed by atoms with Gasteiger partial charge in [0.1, 0.15) is 0 Å². The molecular formula is C15H20N4O4S2. The molecule has 0 bridgehead atoms. The molecule has 0 unspecified atom stereocenters. The molecule has 1 aromatic carbocycles. The molecule has 0 heterocycles. The van der Waals surface area contributed by atoms with Crippen molar-refractivity contribution in [1.82, 2.24) is 10.6 Å². The average Bonchev–Trinajstić information content (AvgIpc) is 2.54. The summed E-state index contributed by atoms with van der Waals surface area (Å²) < 4.78 is 9.56. The van der Waals surface area contributed by atoms with Crippen molar-refractivity contribution in [2.24, 2.45) is 0 Å². The van der Waals surface area contributed by atoms with E-state index in [0.717, 1.165) is 0 Å². The van der Waals surface area contributed by atoms with Crippen LogP contribution in [0.2, 0.25) is 0 Å². The van der Waals surface area contributed by atoms with E-state index in [1.807, 2.05) is 0 Å². The predicted octanol–water partition coefficient (Wildman–Crippen LogP) is 2.60. The molecule has 0 saturated heterocycles. The highest BCUT2D eigenvalue weighted by atomic mass is 32.1. The third-order valence-corrected chi connectivity index (χ3v) is 3.37. The van der Waals surface area contributed by atoms with Gasteiger partial charge in [-0.3, -0.25) is 10.6 Å². The van der Waals surface area contributed by atoms with Gasteiger partial charge in [0.15, 0.2) is 10.2 Å². The molecule has 3 N–H and O–H groups in total. The van der Waals surface area contributed by atoms with Crippen LogP contribution >= 0.6 is 24.4 Å². The summed E-state index contributed by atoms with van der Waals surface area (Å²) in [5, 5.41) is 7.96. The first-order valence-electron chi connectivity index (χ1n) is 7.44. The molecular weight excluding hydrogens is 364 g/mol. The number of anilines is 2. The van der Waals surface area contributed by atoms with Crippen LogP contribution in [-0.2, 0) is 9.47 Å². The molecule has 0 aliphatic rings. The number of carbonyl (C=O) groups is 2. The SMILES string of the molecule is CCOC(=O)NC(=S)Nc1ccccc1N(C)C(=S)NC(=O)OCC. The van der Waals surface area contributed by atoms with Gasteiger partial charge in [-0.25, -0.2) is 9.59 Å². The zero-order valence-corrected chi connectivity index (χ0v) is 15.8. The van der Waals surface area contributed by atoms with Crippen LogP contribution in [-0.4, -0.2) is 42.7 Å². The number of rotatable bonds is 4. The van der Waals surface area contributed by atoms with Crippen molar-refractivity contribution in [3.05, 3.63) is 24.3 Å². The zero-order valence-electron chi connectivity index (χ0n) is 14.1. The summed E-state index contributed by atoms with van der Waals surface area (Å²) in [6.45, 7) is 3.87. The average molecular weight is 384 g/mol. The van der Waals surface area contributed by atoms with Gasteiger partial charge in [-0.1, -0.05) is 12.1 Å². The van der Waals surface area contributed by atoms with E-state index in [4.69, 9.17) is 33.9 Å². The van der Waals surface area contributed by atoms with Crippen LogP contribution in [0.15, 0.2) is 24.3 Å². The molecule has 1 aromatic rings. The summed E-state index contributed by atoms with van der Waals surface area (Å²) in [4.78, 5) is 24.5. The Morgan fingerprint density at radius 2 is 1.60 bits per heavy atom. The smallest absolute Gasteiger partial charge is 0.413 e. The summed E-state index contributed by atoms with van der Waals surface area (Å²) >= 11 is 10.3. The van der Waals surface area contributed by atoms with Gasteiger partial charge in [-0.05, 0) is 50.4 Å². The molecule has 0 atom stereocenters. The van der Waals surface area contributed by atoms with Crippen molar-refractivity contribution < 1.29 is 19.1 Å². The summed E-state index contributed by atoms with van der Waals surface area (Å²) in [5.41, 5.74) is 1.22. The fraction of sp³-hybridized carbons (Fsp3) is 0.333. The Bertz CT molecular complexity index is 654. The van der Waals surface area contributed by atoms with Gasteiger partial charge in [0.05, 0.1) is 24.6 Å². The third-order valence-electron chi connectivity index (χ3n) is 2.79. The number of carbonyl (C=O) groups excluding carboxylic acids is 2. The maximum Gasteiger partial charge on any atom is 0.413 e. The van der Waals surface area contributed by atoms with Gasteiger partial charge in [-0.2, -0.15) is 0 Å². The summed E-state index contributed by atoms with van der Waals surface area (Å²) in [6.07, 6.45) is -1.28. The molecule has 0 radical (unpaired) electrons. The van der Waals surface area contributed by atoms with Crippen LogP contribution in [0.5, 0.6) is 0 Å². The maximum absolute atomic E-state index is 11.5. The van der Waals surface area contributed by atoms with Crippen molar-refractivity contribution in [3.63, 3.8) is 0 Å². The third kappa shape index (κ3) is 6.89. The quantitative estimate of drug-likeness (QED) is 0.683. The molecule has 0 aromatic heterocycles. The second kappa shape index (κ2) is 10.4. The molecule has 8 nitrogen and oxygen atoms in total. The largest absolute Gasteiger partial charge is 0.450 e. The number of nitrogens with zero attached hydrogens (tertiary/aromatic N) is 1. The van der Waals surface area contributed by atoms with Crippen LogP contribution in [0.25, 0.3) is 0 Å². The van der Waals surface area contributed by atoms with E-state index in [1.165, 1.54) is 0 Å². The van der Waals surface area contributed by atoms with Crippen LogP contribution in [0.3, 0.4) is 0 Å². The van der Waals surface area contributed by atoms with Gasteiger partial charge < -0.3 is 19.7 Å². The van der Waals surface area contributed by atoms with Gasteiger partial charge >= 0.3 is 12.2 Å². The number of para-hydroxylation sites is 2. The van der Waals surface area contributed by atoms with Crippen LogP contribution < -0.4 is 20.9 Å². The van der Waals surface area contributed by atoms with Crippen molar-refractivity contribution in [2.45, 2.75) is 13.8 Å². The lowest BCUT2D eigenvalue weighted by Crippen LogP contribution is -2.41. The molecule has 0 spiro atoms. The topological polar surface area (TPSA) is 91.9 Å². The molecule has 136 valence electrons. The Labute approximate surface area is 156 Å². The first-order valence-corrected chi connectivity index (χ1v) is 8.25. The number of hydrogen-bond donors (Lipinski definition) is 3. The highest BCUT2D eigenvalue weighted by Gasteiger charge is 2.15. The van der Waals surface area contributed by atoms with Gasteiger partial charge in [0.2, 0.25) is 0 Å². The van der Waals surface area contributed by atoms with Crippen LogP contribution in [0, 0.1) is 0 Å². The van der Waals surface area contributed by atoms with Crippen LogP contribution in [0.1, 0.15) is 13.8 Å². The first kappa shape index (κ1) is 20.6. The van der Waals surface area contributed by atoms with E-state index >= 15 is 0 Å².